The van der Waals surface area contributed by atoms with E-state index in [1.165, 1.54) is 70.6 Å². The number of unbranched alkanes of at least 4 members (excludes halogenated alkanes) is 2. The summed E-state index contributed by atoms with van der Waals surface area (Å²) in [5.74, 6) is 2.83. The Kier molecular flexibility index (Phi) is 5.94. The van der Waals surface area contributed by atoms with Gasteiger partial charge >= 0.3 is 0 Å². The summed E-state index contributed by atoms with van der Waals surface area (Å²) >= 11 is 0. The van der Waals surface area contributed by atoms with Crippen molar-refractivity contribution in [3.8, 4) is 6.07 Å². The van der Waals surface area contributed by atoms with Gasteiger partial charge in [0.25, 0.3) is 0 Å². The monoisotopic (exact) mass is 275 g/mol. The average Bonchev–Trinajstić information content (AvgIpc) is 2.48. The number of fused-ring (bicyclic) bond motifs is 1. The van der Waals surface area contributed by atoms with Crippen LogP contribution < -0.4 is 0 Å². The van der Waals surface area contributed by atoms with E-state index >= 15 is 0 Å². The third-order valence-electron chi connectivity index (χ3n) is 6.08. The van der Waals surface area contributed by atoms with Crippen LogP contribution in [0.15, 0.2) is 0 Å². The Labute approximate surface area is 126 Å². The second-order valence-electron chi connectivity index (χ2n) is 7.58. The molecule has 2 fully saturated rings. The van der Waals surface area contributed by atoms with Crippen LogP contribution in [-0.4, -0.2) is 0 Å². The standard InChI is InChI=1S/C19H33N/c1-3-5-6-7-16-8-9-18-14-19(15-20,11-4-2)12-10-17(18)13-16/h16-18H,3-14H2,1-2H3/t16?,17-,18?,19+/m1/s1. The first kappa shape index (κ1) is 15.9. The fraction of sp³-hybridized carbons (Fsp3) is 0.947. The zero-order valence-electron chi connectivity index (χ0n) is 13.7. The van der Waals surface area contributed by atoms with Crippen molar-refractivity contribution in [3.63, 3.8) is 0 Å². The fourth-order valence-corrected chi connectivity index (χ4v) is 4.92. The summed E-state index contributed by atoms with van der Waals surface area (Å²) in [6, 6.07) is 2.70. The minimum atomic E-state index is 0.0466. The van der Waals surface area contributed by atoms with Gasteiger partial charge < -0.3 is 0 Å². The Morgan fingerprint density at radius 2 is 1.90 bits per heavy atom. The quantitative estimate of drug-likeness (QED) is 0.538. The molecule has 2 rings (SSSR count). The van der Waals surface area contributed by atoms with Gasteiger partial charge in [0.2, 0.25) is 0 Å². The summed E-state index contributed by atoms with van der Waals surface area (Å²) in [4.78, 5) is 0. The van der Waals surface area contributed by atoms with Gasteiger partial charge in [0.1, 0.15) is 0 Å². The van der Waals surface area contributed by atoms with Gasteiger partial charge in [0, 0.05) is 0 Å². The van der Waals surface area contributed by atoms with E-state index in [4.69, 9.17) is 0 Å². The van der Waals surface area contributed by atoms with Crippen LogP contribution in [0.3, 0.4) is 0 Å². The molecule has 0 aromatic carbocycles. The van der Waals surface area contributed by atoms with Gasteiger partial charge in [0.05, 0.1) is 11.5 Å². The van der Waals surface area contributed by atoms with Crippen molar-refractivity contribution in [2.45, 2.75) is 90.9 Å². The van der Waals surface area contributed by atoms with Gasteiger partial charge in [-0.25, -0.2) is 0 Å². The molecule has 0 saturated heterocycles. The SMILES string of the molecule is CCCCCC1CCC2C[C@](C#N)(CCC)CC[C@@H]2C1. The normalized spacial score (nSPS) is 37.1. The lowest BCUT2D eigenvalue weighted by Gasteiger charge is -2.45. The zero-order valence-corrected chi connectivity index (χ0v) is 13.7. The molecule has 0 aromatic rings. The van der Waals surface area contributed by atoms with E-state index in [-0.39, 0.29) is 5.41 Å². The Morgan fingerprint density at radius 1 is 1.05 bits per heavy atom. The summed E-state index contributed by atoms with van der Waals surface area (Å²) in [6.07, 6.45) is 16.0. The minimum Gasteiger partial charge on any atom is -0.198 e. The number of rotatable bonds is 6. The number of hydrogen-bond donors (Lipinski definition) is 0. The van der Waals surface area contributed by atoms with Gasteiger partial charge in [0.15, 0.2) is 0 Å². The highest BCUT2D eigenvalue weighted by molar-refractivity contribution is 5.04. The smallest absolute Gasteiger partial charge is 0.0689 e. The molecule has 0 amide bonds. The lowest BCUT2D eigenvalue weighted by molar-refractivity contribution is 0.0625. The van der Waals surface area contributed by atoms with Gasteiger partial charge in [-0.1, -0.05) is 52.4 Å². The minimum absolute atomic E-state index is 0.0466. The highest BCUT2D eigenvalue weighted by Crippen LogP contribution is 2.51. The van der Waals surface area contributed by atoms with Gasteiger partial charge in [-0.2, -0.15) is 5.26 Å². The number of hydrogen-bond acceptors (Lipinski definition) is 1. The molecule has 114 valence electrons. The van der Waals surface area contributed by atoms with Crippen LogP contribution in [0.2, 0.25) is 0 Å². The highest BCUT2D eigenvalue weighted by Gasteiger charge is 2.42. The van der Waals surface area contributed by atoms with Crippen LogP contribution in [0.5, 0.6) is 0 Å². The predicted molar refractivity (Wildman–Crippen MR) is 85.3 cm³/mol. The molecule has 4 atom stereocenters. The van der Waals surface area contributed by atoms with Crippen molar-refractivity contribution < 1.29 is 0 Å². The molecule has 0 aliphatic heterocycles. The molecular formula is C19H33N. The lowest BCUT2D eigenvalue weighted by atomic mass is 9.58. The number of nitrogens with zero attached hydrogens (tertiary/aromatic N) is 1. The Bertz CT molecular complexity index is 329. The Morgan fingerprint density at radius 3 is 2.60 bits per heavy atom. The molecule has 2 unspecified atom stereocenters. The Balaban J connectivity index is 1.84. The first-order valence-corrected chi connectivity index (χ1v) is 9.14. The van der Waals surface area contributed by atoms with Crippen molar-refractivity contribution in [1.82, 2.24) is 0 Å². The van der Waals surface area contributed by atoms with Gasteiger partial charge in [-0.15, -0.1) is 0 Å². The van der Waals surface area contributed by atoms with E-state index in [1.54, 1.807) is 0 Å². The van der Waals surface area contributed by atoms with Gasteiger partial charge in [-0.3, -0.25) is 0 Å². The molecule has 2 aliphatic rings. The molecule has 0 N–H and O–H groups in total. The van der Waals surface area contributed by atoms with E-state index < -0.39 is 0 Å². The maximum Gasteiger partial charge on any atom is 0.0689 e. The fourth-order valence-electron chi connectivity index (χ4n) is 4.92. The third kappa shape index (κ3) is 3.78. The molecule has 0 aromatic heterocycles. The maximum atomic E-state index is 9.61. The summed E-state index contributed by atoms with van der Waals surface area (Å²) in [6.45, 7) is 4.53. The molecule has 2 aliphatic carbocycles. The molecule has 0 bridgehead atoms. The maximum absolute atomic E-state index is 9.61. The zero-order chi connectivity index (χ0) is 14.4. The van der Waals surface area contributed by atoms with Crippen LogP contribution in [0, 0.1) is 34.5 Å². The van der Waals surface area contributed by atoms with Crippen LogP contribution in [0.25, 0.3) is 0 Å². The van der Waals surface area contributed by atoms with Crippen LogP contribution in [-0.2, 0) is 0 Å². The second kappa shape index (κ2) is 7.48. The van der Waals surface area contributed by atoms with E-state index in [1.807, 2.05) is 0 Å². The topological polar surface area (TPSA) is 23.8 Å². The highest BCUT2D eigenvalue weighted by atomic mass is 14.5. The third-order valence-corrected chi connectivity index (χ3v) is 6.08. The van der Waals surface area contributed by atoms with E-state index in [0.717, 1.165) is 24.2 Å². The first-order valence-electron chi connectivity index (χ1n) is 9.14. The summed E-state index contributed by atoms with van der Waals surface area (Å²) < 4.78 is 0. The van der Waals surface area contributed by atoms with Crippen molar-refractivity contribution in [3.05, 3.63) is 0 Å². The van der Waals surface area contributed by atoms with Crippen molar-refractivity contribution in [2.24, 2.45) is 23.2 Å². The summed E-state index contributed by atoms with van der Waals surface area (Å²) in [7, 11) is 0. The summed E-state index contributed by atoms with van der Waals surface area (Å²) in [5, 5.41) is 9.61. The molecule has 20 heavy (non-hydrogen) atoms. The molecule has 1 heteroatoms. The average molecular weight is 275 g/mol. The van der Waals surface area contributed by atoms with Crippen LogP contribution in [0.4, 0.5) is 0 Å². The molecule has 2 saturated carbocycles. The predicted octanol–water partition coefficient (Wildman–Crippen LogP) is 6.09. The molecule has 0 spiro atoms. The van der Waals surface area contributed by atoms with E-state index in [9.17, 15) is 5.26 Å². The van der Waals surface area contributed by atoms with Crippen LogP contribution in [0.1, 0.15) is 90.9 Å². The number of nitriles is 1. The summed E-state index contributed by atoms with van der Waals surface area (Å²) in [5.41, 5.74) is 0.0466. The Hall–Kier alpha value is -0.510. The molecule has 1 nitrogen and oxygen atoms in total. The lowest BCUT2D eigenvalue weighted by Crippen LogP contribution is -2.36. The van der Waals surface area contributed by atoms with E-state index in [0.29, 0.717) is 0 Å². The largest absolute Gasteiger partial charge is 0.198 e. The van der Waals surface area contributed by atoms with E-state index in [2.05, 4.69) is 19.9 Å². The molecular weight excluding hydrogens is 242 g/mol. The van der Waals surface area contributed by atoms with Crippen molar-refractivity contribution in [1.29, 1.82) is 5.26 Å². The van der Waals surface area contributed by atoms with Gasteiger partial charge in [-0.05, 0) is 56.3 Å². The molecule has 0 heterocycles. The van der Waals surface area contributed by atoms with Crippen molar-refractivity contribution in [2.75, 3.05) is 0 Å². The molecule has 0 radical (unpaired) electrons. The van der Waals surface area contributed by atoms with Crippen molar-refractivity contribution >= 4 is 0 Å². The second-order valence-corrected chi connectivity index (χ2v) is 7.58. The first-order chi connectivity index (χ1) is 9.73. The van der Waals surface area contributed by atoms with Crippen LogP contribution >= 0.6 is 0 Å².